The highest BCUT2D eigenvalue weighted by Crippen LogP contribution is 2.27. The number of carbonyl (C=O) groups is 4. The molecule has 1 aliphatic heterocycles. The lowest BCUT2D eigenvalue weighted by atomic mass is 10.2. The monoisotopic (exact) mass is 1050 g/mol. The molecule has 77 heavy (non-hydrogen) atoms. The molecule has 1 aliphatic rings. The van der Waals surface area contributed by atoms with Crippen molar-refractivity contribution in [2.45, 2.75) is 64.5 Å². The highest BCUT2D eigenvalue weighted by Gasteiger charge is 2.32. The Balaban J connectivity index is 0.000000181. The number of methoxy groups -OCH3 is 3. The zero-order valence-corrected chi connectivity index (χ0v) is 41.9. The molecule has 0 saturated carbocycles. The topological polar surface area (TPSA) is 320 Å². The number of carboxylic acid groups (broad SMARTS) is 1. The summed E-state index contributed by atoms with van der Waals surface area (Å²) in [6.45, 7) is 1.42. The summed E-state index contributed by atoms with van der Waals surface area (Å²) in [6.07, 6.45) is 3.24. The molecule has 0 bridgehead atoms. The van der Waals surface area contributed by atoms with Crippen LogP contribution in [0.25, 0.3) is 66.2 Å². The quantitative estimate of drug-likeness (QED) is 0.0272. The number of hydroxylamine groups is 2. The number of imide groups is 1. The summed E-state index contributed by atoms with van der Waals surface area (Å²) in [7, 11) is 4.91. The lowest BCUT2D eigenvalue weighted by molar-refractivity contribution is -0.646. The van der Waals surface area contributed by atoms with E-state index in [1.807, 2.05) is 127 Å². The summed E-state index contributed by atoms with van der Waals surface area (Å²) >= 11 is 0. The number of carboxylic acids is 1. The first-order valence-corrected chi connectivity index (χ1v) is 23.8. The van der Waals surface area contributed by atoms with E-state index in [0.717, 1.165) is 90.7 Å². The van der Waals surface area contributed by atoms with Crippen LogP contribution in [-0.4, -0.2) is 85.4 Å². The minimum atomic E-state index is -1.75. The number of hydrogen-bond acceptors (Lipinski definition) is 18. The van der Waals surface area contributed by atoms with Crippen molar-refractivity contribution in [3.8, 4) is 17.2 Å². The third-order valence-corrected chi connectivity index (χ3v) is 11.6. The Morgan fingerprint density at radius 2 is 0.870 bits per heavy atom. The highest BCUT2D eigenvalue weighted by molar-refractivity contribution is 6.01. The minimum absolute atomic E-state index is 0.0917. The summed E-state index contributed by atoms with van der Waals surface area (Å²) in [5.74, 6) is -0.0465. The van der Waals surface area contributed by atoms with Crippen molar-refractivity contribution in [3.63, 3.8) is 0 Å². The molecule has 0 spiro atoms. The lowest BCUT2D eigenvalue weighted by Crippen LogP contribution is -2.36. The van der Waals surface area contributed by atoms with Gasteiger partial charge in [0.2, 0.25) is 22.1 Å². The number of aromatic nitrogens is 6. The largest absolute Gasteiger partial charge is 0.494 e. The Hall–Kier alpha value is -10.00. The molecule has 24 heteroatoms. The molecule has 10 rings (SSSR count). The van der Waals surface area contributed by atoms with Crippen LogP contribution >= 0.6 is 0 Å². The number of ether oxygens (including phenoxy) is 3. The van der Waals surface area contributed by atoms with E-state index in [2.05, 4.69) is 19.1 Å². The Kier molecular flexibility index (Phi) is 20.0. The first-order chi connectivity index (χ1) is 37.1. The predicted octanol–water partition coefficient (Wildman–Crippen LogP) is 7.71. The second kappa shape index (κ2) is 27.3. The van der Waals surface area contributed by atoms with Gasteiger partial charge in [-0.3, -0.25) is 14.4 Å². The predicted molar refractivity (Wildman–Crippen MR) is 279 cm³/mol. The molecule has 0 radical (unpaired) electrons. The van der Waals surface area contributed by atoms with Crippen molar-refractivity contribution in [3.05, 3.63) is 158 Å². The van der Waals surface area contributed by atoms with Crippen molar-refractivity contribution in [1.29, 1.82) is 0 Å². The van der Waals surface area contributed by atoms with Crippen LogP contribution in [0.1, 0.15) is 51.4 Å². The smallest absolute Gasteiger partial charge is 0.333 e. The number of para-hydroxylation sites is 9. The number of hydrogen-bond donors (Lipinski definition) is 1. The average Bonchev–Trinajstić information content (AvgIpc) is 3.81. The Labute approximate surface area is 437 Å². The number of aliphatic carboxylic acids is 1. The maximum atomic E-state index is 12.0. The van der Waals surface area contributed by atoms with Crippen molar-refractivity contribution >= 4 is 90.0 Å². The van der Waals surface area contributed by atoms with Gasteiger partial charge in [0, 0.05) is 62.8 Å². The number of benzene rings is 6. The third kappa shape index (κ3) is 15.1. The number of unbranched alkanes of at least 4 members (excludes halogenated alkanes) is 2. The third-order valence-electron chi connectivity index (χ3n) is 11.6. The van der Waals surface area contributed by atoms with E-state index in [1.54, 1.807) is 21.3 Å². The van der Waals surface area contributed by atoms with Gasteiger partial charge in [0.15, 0.2) is 22.5 Å². The van der Waals surface area contributed by atoms with Crippen LogP contribution in [0.4, 0.5) is 0 Å². The molecule has 6 aromatic carbocycles. The molecule has 4 heterocycles. The minimum Gasteiger partial charge on any atom is -0.494 e. The molecule has 1 fully saturated rings. The van der Waals surface area contributed by atoms with Gasteiger partial charge in [-0.15, -0.1) is 5.06 Å². The standard InChI is InChI=1S/C22H22N3O5.C18H18N2O3.C13H10N2O.2NO3/c1-29-18-10-6-9-17-22(18)23-15-7-2-3-8-16(15)24(17)14-5-4-11-21(28)30-25-19(26)12-13-20(25)27;1-23-16-10-6-9-15-18(16)19-13-7-2-3-8-14(13)20(15)12-5-4-11-17(21)22;1-16-12-8-4-7-11-13(12)15-10-6-3-2-5-9(10)14-11;2*2-1(3)4/h2-3,6-10H,4-5,11-14H2,1H3;2-3,6-10H,4-5,11-12H2,1H3;2-8H,1H3;;/q+1;;;2*-1/p+1. The number of nitrogens with zero attached hydrogens (tertiary/aromatic N) is 9. The van der Waals surface area contributed by atoms with E-state index >= 15 is 0 Å². The summed E-state index contributed by atoms with van der Waals surface area (Å²) in [5, 5.41) is 38.9. The Bertz CT molecular complexity index is 3570. The molecule has 398 valence electrons. The van der Waals surface area contributed by atoms with Crippen LogP contribution in [-0.2, 0) is 37.1 Å². The average molecular weight is 1050 g/mol. The maximum Gasteiger partial charge on any atom is 0.333 e. The molecule has 0 aliphatic carbocycles. The fraction of sp³-hybridized carbons (Fsp3) is 0.245. The fourth-order valence-electron chi connectivity index (χ4n) is 8.24. The fourth-order valence-corrected chi connectivity index (χ4v) is 8.24. The maximum absolute atomic E-state index is 12.0. The second-order valence-electron chi connectivity index (χ2n) is 16.5. The molecule has 9 aromatic rings. The zero-order chi connectivity index (χ0) is 55.4. The number of fused-ring (bicyclic) bond motifs is 6. The van der Waals surface area contributed by atoms with Crippen LogP contribution < -0.4 is 23.3 Å². The molecule has 0 unspecified atom stereocenters. The number of aryl methyl sites for hydroxylation is 2. The number of rotatable bonds is 14. The van der Waals surface area contributed by atoms with E-state index in [9.17, 15) is 19.2 Å². The molecule has 1 N–H and O–H groups in total. The van der Waals surface area contributed by atoms with Gasteiger partial charge in [0.05, 0.1) is 48.1 Å². The van der Waals surface area contributed by atoms with E-state index < -0.39 is 33.9 Å². The van der Waals surface area contributed by atoms with Crippen LogP contribution in [0, 0.1) is 30.6 Å². The summed E-state index contributed by atoms with van der Waals surface area (Å²) in [6, 6.07) is 41.1. The van der Waals surface area contributed by atoms with Crippen LogP contribution in [0.15, 0.2) is 127 Å². The van der Waals surface area contributed by atoms with Gasteiger partial charge < -0.3 is 54.8 Å². The van der Waals surface area contributed by atoms with Crippen molar-refractivity contribution in [2.24, 2.45) is 0 Å². The van der Waals surface area contributed by atoms with E-state index in [-0.39, 0.29) is 25.7 Å². The van der Waals surface area contributed by atoms with Crippen molar-refractivity contribution in [1.82, 2.24) is 25.0 Å². The van der Waals surface area contributed by atoms with Gasteiger partial charge in [-0.2, -0.15) is 9.13 Å². The first kappa shape index (κ1) is 56.3. The second-order valence-corrected chi connectivity index (χ2v) is 16.5. The van der Waals surface area contributed by atoms with E-state index in [0.29, 0.717) is 36.6 Å². The summed E-state index contributed by atoms with van der Waals surface area (Å²) in [4.78, 5) is 85.8. The van der Waals surface area contributed by atoms with Crippen molar-refractivity contribution < 1.29 is 62.6 Å². The normalized spacial score (nSPS) is 11.6. The Morgan fingerprint density at radius 1 is 0.506 bits per heavy atom. The molecule has 24 nitrogen and oxygen atoms in total. The molecule has 0 atom stereocenters. The molecule has 1 saturated heterocycles. The molecule has 2 amide bonds. The number of carbonyl (C=O) groups excluding carboxylic acids is 3. The van der Waals surface area contributed by atoms with E-state index in [4.69, 9.17) is 64.8 Å². The lowest BCUT2D eigenvalue weighted by Gasteiger charge is -2.12. The van der Waals surface area contributed by atoms with Gasteiger partial charge in [0.25, 0.3) is 11.8 Å². The van der Waals surface area contributed by atoms with Crippen LogP contribution in [0.5, 0.6) is 17.2 Å². The first-order valence-electron chi connectivity index (χ1n) is 23.8. The van der Waals surface area contributed by atoms with Gasteiger partial charge in [0.1, 0.15) is 35.4 Å². The Morgan fingerprint density at radius 3 is 1.32 bits per heavy atom. The summed E-state index contributed by atoms with van der Waals surface area (Å²) < 4.78 is 20.5. The van der Waals surface area contributed by atoms with Gasteiger partial charge in [-0.25, -0.2) is 24.7 Å². The zero-order valence-electron chi connectivity index (χ0n) is 41.9. The molecule has 3 aromatic heterocycles. The summed E-state index contributed by atoms with van der Waals surface area (Å²) in [5.41, 5.74) is 10.8. The van der Waals surface area contributed by atoms with Crippen LogP contribution in [0.2, 0.25) is 0 Å². The van der Waals surface area contributed by atoms with E-state index in [1.165, 1.54) is 0 Å². The SMILES string of the molecule is COc1cccc2c1nc1ccccc1[n+]2CCCCC(=O)O.COc1cccc2c1nc1ccccc1[n+]2CCCCC(=O)ON1C(=O)CCC1=O.COc1cccc2nc3ccccc3nc12.O=[N+]([O-])[O-].O=[N+]([O-])[O-]. The van der Waals surface area contributed by atoms with Gasteiger partial charge in [-0.1, -0.05) is 54.6 Å². The van der Waals surface area contributed by atoms with Crippen LogP contribution in [0.3, 0.4) is 0 Å². The molecular weight excluding hydrogens is 1000 g/mol. The van der Waals surface area contributed by atoms with Gasteiger partial charge >= 0.3 is 11.9 Å². The van der Waals surface area contributed by atoms with Crippen molar-refractivity contribution in [2.75, 3.05) is 21.3 Å². The molecular formula is C53H51N9O15. The number of amides is 2. The van der Waals surface area contributed by atoms with Gasteiger partial charge in [-0.05, 0) is 61.4 Å². The highest BCUT2D eigenvalue weighted by atomic mass is 16.9.